The minimum atomic E-state index is -0.555. The first kappa shape index (κ1) is 72.6. The Hall–Kier alpha value is -13.9. The Morgan fingerprint density at radius 1 is 0.287 bits per heavy atom. The van der Waals surface area contributed by atoms with Crippen LogP contribution in [0, 0.1) is 6.92 Å². The van der Waals surface area contributed by atoms with Gasteiger partial charge >= 0.3 is 0 Å². The number of hydrogen-bond acceptors (Lipinski definition) is 2. The van der Waals surface area contributed by atoms with Gasteiger partial charge in [0.15, 0.2) is 11.6 Å². The molecule has 6 heteroatoms. The second kappa shape index (κ2) is 30.3. The number of ketones is 2. The molecule has 0 fully saturated rings. The molecule has 1 aliphatic rings. The van der Waals surface area contributed by atoms with Crippen molar-refractivity contribution in [2.24, 2.45) is 7.05 Å². The van der Waals surface area contributed by atoms with Gasteiger partial charge in [-0.1, -0.05) is 290 Å². The van der Waals surface area contributed by atoms with Crippen LogP contribution in [0.25, 0.3) is 115 Å². The summed E-state index contributed by atoms with van der Waals surface area (Å²) in [5.41, 5.74) is 26.1. The lowest BCUT2D eigenvalue weighted by Crippen LogP contribution is -2.28. The second-order valence-electron chi connectivity index (χ2n) is 29.9. The summed E-state index contributed by atoms with van der Waals surface area (Å²) < 4.78 is 9.19. The number of fused-ring (bicyclic) bond motifs is 13. The summed E-state index contributed by atoms with van der Waals surface area (Å²) in [7, 11) is 2.15. The maximum absolute atomic E-state index is 14.1. The van der Waals surface area contributed by atoms with E-state index in [1.165, 1.54) is 115 Å². The minimum absolute atomic E-state index is 0.00155. The molecule has 0 saturated carbocycles. The van der Waals surface area contributed by atoms with Gasteiger partial charge < -0.3 is 18.3 Å². The number of aryl methyl sites for hydroxylation is 2. The molecule has 0 aliphatic heterocycles. The van der Waals surface area contributed by atoms with E-state index >= 15 is 0 Å². The van der Waals surface area contributed by atoms with Crippen molar-refractivity contribution < 1.29 is 9.59 Å². The van der Waals surface area contributed by atoms with Crippen molar-refractivity contribution in [2.45, 2.75) is 65.7 Å². The quantitative estimate of drug-likeness (QED) is 0.108. The van der Waals surface area contributed by atoms with E-state index in [0.29, 0.717) is 22.3 Å². The molecule has 0 bridgehead atoms. The summed E-state index contributed by atoms with van der Waals surface area (Å²) in [6, 6.07) is 129. The maximum atomic E-state index is 14.1. The van der Waals surface area contributed by atoms with E-state index in [0.717, 1.165) is 50.2 Å². The van der Waals surface area contributed by atoms with E-state index in [9.17, 15) is 9.59 Å². The van der Waals surface area contributed by atoms with E-state index < -0.39 is 5.41 Å². The normalized spacial score (nSPS) is 12.6. The number of carbonyl (C=O) groups excluding carboxylic acids is 2. The number of hydrogen-bond donors (Lipinski definition) is 0. The molecule has 4 heterocycles. The van der Waals surface area contributed by atoms with Gasteiger partial charge in [0.1, 0.15) is 0 Å². The van der Waals surface area contributed by atoms with Gasteiger partial charge in [-0.15, -0.1) is 0 Å². The van der Waals surface area contributed by atoms with E-state index in [1.54, 1.807) is 0 Å². The van der Waals surface area contributed by atoms with E-state index in [4.69, 9.17) is 0 Å². The topological polar surface area (TPSA) is 53.9 Å². The number of para-hydroxylation sites is 4. The van der Waals surface area contributed by atoms with E-state index in [2.05, 4.69) is 355 Å². The molecule has 1 aliphatic carbocycles. The molecule has 0 spiro atoms. The molecule has 556 valence electrons. The molecule has 2 atom stereocenters. The summed E-state index contributed by atoms with van der Waals surface area (Å²) in [5.74, 6) is 0.409. The van der Waals surface area contributed by atoms with Gasteiger partial charge in [0.25, 0.3) is 0 Å². The molecule has 20 aromatic rings. The Morgan fingerprint density at radius 3 is 1.09 bits per heavy atom. The largest absolute Gasteiger partial charge is 0.350 e. The van der Waals surface area contributed by atoms with Crippen molar-refractivity contribution in [3.8, 4) is 28.2 Å². The molecule has 16 aromatic carbocycles. The summed E-state index contributed by atoms with van der Waals surface area (Å²) >= 11 is 0. The van der Waals surface area contributed by atoms with Crippen LogP contribution >= 0.6 is 0 Å². The van der Waals surface area contributed by atoms with Gasteiger partial charge in [0, 0.05) is 108 Å². The van der Waals surface area contributed by atoms with Crippen molar-refractivity contribution in [3.63, 3.8) is 0 Å². The Kier molecular flexibility index (Phi) is 19.1. The summed E-state index contributed by atoms with van der Waals surface area (Å²) in [4.78, 5) is 27.4. The highest BCUT2D eigenvalue weighted by Crippen LogP contribution is 2.59. The van der Waals surface area contributed by atoms with Crippen LogP contribution in [0.5, 0.6) is 0 Å². The SMILES string of the molecule is CC.CC.CC(c1ccc2c(c1)c1cc(C(C)c3cccc4ccccc34)ccc1n2-c1ccc(C(=O)c2ccc(-n3c4ccccc4c4ccccc43)cc2)cc1)c1cccc2ccccc12.Cc1ccc(C(=O)c2ccc(-n3cc(C4(c5cn(C)c6ccccc56)c5ccccc5-c5ccccc54)c4ccccc43)cc2)cc1. The predicted octanol–water partition coefficient (Wildman–Crippen LogP) is 27.8. The molecule has 115 heavy (non-hydrogen) atoms. The number of rotatable bonds is 13. The van der Waals surface area contributed by atoms with Crippen molar-refractivity contribution in [3.05, 3.63) is 449 Å². The van der Waals surface area contributed by atoms with Gasteiger partial charge in [0.05, 0.1) is 33.0 Å². The highest BCUT2D eigenvalue weighted by molar-refractivity contribution is 6.13. The molecule has 0 radical (unpaired) electrons. The molecule has 4 aromatic heterocycles. The lowest BCUT2D eigenvalue weighted by molar-refractivity contribution is 0.103. The fourth-order valence-electron chi connectivity index (χ4n) is 18.3. The van der Waals surface area contributed by atoms with Crippen LogP contribution in [0.15, 0.2) is 376 Å². The van der Waals surface area contributed by atoms with Crippen LogP contribution in [0.1, 0.15) is 135 Å². The van der Waals surface area contributed by atoms with Crippen LogP contribution < -0.4 is 0 Å². The second-order valence-corrected chi connectivity index (χ2v) is 29.9. The van der Waals surface area contributed by atoms with Gasteiger partial charge in [-0.3, -0.25) is 9.59 Å². The summed E-state index contributed by atoms with van der Waals surface area (Å²) in [5, 5.41) is 12.4. The third-order valence-corrected chi connectivity index (χ3v) is 23.8. The molecule has 0 saturated heterocycles. The Morgan fingerprint density at radius 2 is 0.626 bits per heavy atom. The smallest absolute Gasteiger partial charge is 0.193 e. The molecular formula is C109H88N4O2. The number of aromatic nitrogens is 4. The first-order chi connectivity index (χ1) is 56.5. The minimum Gasteiger partial charge on any atom is -0.350 e. The van der Waals surface area contributed by atoms with Crippen molar-refractivity contribution in [1.29, 1.82) is 0 Å². The van der Waals surface area contributed by atoms with Gasteiger partial charge in [-0.2, -0.15) is 0 Å². The fourth-order valence-corrected chi connectivity index (χ4v) is 18.3. The zero-order valence-electron chi connectivity index (χ0n) is 66.1. The number of benzene rings is 16. The van der Waals surface area contributed by atoms with Crippen LogP contribution in [-0.2, 0) is 12.5 Å². The summed E-state index contributed by atoms with van der Waals surface area (Å²) in [6.07, 6.45) is 4.67. The Labute approximate surface area is 671 Å². The molecule has 0 amide bonds. The monoisotopic (exact) mass is 1480 g/mol. The first-order valence-electron chi connectivity index (χ1n) is 40.4. The van der Waals surface area contributed by atoms with Gasteiger partial charge in [-0.25, -0.2) is 0 Å². The third kappa shape index (κ3) is 12.3. The zero-order valence-corrected chi connectivity index (χ0v) is 66.1. The van der Waals surface area contributed by atoms with E-state index in [1.807, 2.05) is 95.3 Å². The lowest BCUT2D eigenvalue weighted by Gasteiger charge is -2.32. The van der Waals surface area contributed by atoms with Crippen molar-refractivity contribution in [2.75, 3.05) is 0 Å². The zero-order chi connectivity index (χ0) is 78.6. The summed E-state index contributed by atoms with van der Waals surface area (Å²) in [6.45, 7) is 14.7. The van der Waals surface area contributed by atoms with Crippen LogP contribution in [0.2, 0.25) is 0 Å². The fraction of sp³-hybridized carbons (Fsp3) is 0.101. The molecule has 0 N–H and O–H groups in total. The molecule has 21 rings (SSSR count). The van der Waals surface area contributed by atoms with Crippen molar-refractivity contribution >= 4 is 98.5 Å². The standard InChI is InChI=1S/C61H44N2O.C44H32N2O.2C2H6/c1-39(49-21-11-15-41-13-3-5-17-51(41)49)45-29-35-59-55(37-45)56-38-46(40(2)50-22-12-16-42-14-4-6-18-52(42)50)30-36-60(56)63(59)48-33-27-44(28-34-48)61(64)43-25-31-47(32-26-43)62-57-23-9-7-19-53(57)54-20-8-10-24-58(54)62;1-29-19-21-30(22-20-29)43(47)31-23-25-32(26-24-31)46-28-40(36-14-6-10-18-42(36)46)44(39-27-45(2)41-17-9-5-13-35(39)41)37-15-7-3-11-33(37)34-12-4-8-16-38(34)44;2*1-2/h3-40H,1-2H3;3-28H,1-2H3;2*1-2H3. The first-order valence-corrected chi connectivity index (χ1v) is 40.4. The predicted molar refractivity (Wildman–Crippen MR) is 482 cm³/mol. The molecule has 2 unspecified atom stereocenters. The third-order valence-electron chi connectivity index (χ3n) is 23.8. The molecule has 6 nitrogen and oxygen atoms in total. The number of nitrogens with zero attached hydrogens (tertiary/aromatic N) is 4. The highest BCUT2D eigenvalue weighted by Gasteiger charge is 2.49. The molecular weight excluding hydrogens is 1400 g/mol. The maximum Gasteiger partial charge on any atom is 0.193 e. The van der Waals surface area contributed by atoms with E-state index in [-0.39, 0.29) is 23.4 Å². The van der Waals surface area contributed by atoms with Gasteiger partial charge in [-0.05, 0) is 205 Å². The Balaban J connectivity index is 0.000000160. The average molecular weight is 1490 g/mol. The van der Waals surface area contributed by atoms with Gasteiger partial charge in [0.2, 0.25) is 0 Å². The van der Waals surface area contributed by atoms with Crippen LogP contribution in [0.4, 0.5) is 0 Å². The average Bonchev–Trinajstić information content (AvgIpc) is 1.52. The highest BCUT2D eigenvalue weighted by atomic mass is 16.1. The number of carbonyl (C=O) groups is 2. The Bertz CT molecular complexity index is 6850. The van der Waals surface area contributed by atoms with Crippen molar-refractivity contribution in [1.82, 2.24) is 18.3 Å². The lowest BCUT2D eigenvalue weighted by atomic mass is 9.67. The van der Waals surface area contributed by atoms with Crippen LogP contribution in [0.3, 0.4) is 0 Å². The van der Waals surface area contributed by atoms with Crippen LogP contribution in [-0.4, -0.2) is 29.8 Å².